The van der Waals surface area contributed by atoms with Crippen LogP contribution in [0.15, 0.2) is 0 Å². The molecule has 2 heteroatoms. The maximum atomic E-state index is 10.8. The topological polar surface area (TPSA) is 43.1 Å². The van der Waals surface area contributed by atoms with Crippen molar-refractivity contribution in [2.75, 3.05) is 0 Å². The Labute approximate surface area is 81.9 Å². The fraction of sp³-hybridized carbons (Fsp3) is 0.909. The lowest BCUT2D eigenvalue weighted by atomic mass is 9.90. The van der Waals surface area contributed by atoms with Gasteiger partial charge in [-0.15, -0.1) is 0 Å². The van der Waals surface area contributed by atoms with Gasteiger partial charge in [-0.3, -0.25) is 0 Å². The second-order valence-corrected chi connectivity index (χ2v) is 4.31. The van der Waals surface area contributed by atoms with Crippen LogP contribution in [0.25, 0.3) is 0 Å². The molecule has 0 amide bonds. The Bertz CT molecular complexity index is 152. The van der Waals surface area contributed by atoms with Gasteiger partial charge in [-0.25, -0.2) is 0 Å². The maximum Gasteiger partial charge on any atom is 0.129 e. The molecule has 0 saturated heterocycles. The van der Waals surface area contributed by atoms with Gasteiger partial charge >= 0.3 is 0 Å². The molecule has 0 bridgehead atoms. The number of hydrogen-bond acceptors (Lipinski definition) is 2. The summed E-state index contributed by atoms with van der Waals surface area (Å²) >= 11 is 0. The lowest BCUT2D eigenvalue weighted by Crippen LogP contribution is -2.36. The SMILES string of the molecule is CCCCC[C@@](C)(N)CCC(C)=O. The molecule has 0 aromatic carbocycles. The predicted octanol–water partition coefficient (Wildman–Crippen LogP) is 2.65. The normalized spacial score (nSPS) is 15.4. The number of carbonyl (C=O) groups excluding carboxylic acids is 1. The van der Waals surface area contributed by atoms with Crippen LogP contribution >= 0.6 is 0 Å². The number of unbranched alkanes of at least 4 members (excludes halogenated alkanes) is 2. The first-order valence-electron chi connectivity index (χ1n) is 5.26. The molecular formula is C11H23NO. The minimum absolute atomic E-state index is 0.138. The van der Waals surface area contributed by atoms with Crippen LogP contribution in [0.5, 0.6) is 0 Å². The molecule has 0 aromatic rings. The molecule has 0 unspecified atom stereocenters. The average Bonchev–Trinajstić information content (AvgIpc) is 2.02. The highest BCUT2D eigenvalue weighted by molar-refractivity contribution is 5.75. The number of carbonyl (C=O) groups is 1. The molecule has 0 radical (unpaired) electrons. The zero-order valence-corrected chi connectivity index (χ0v) is 9.23. The van der Waals surface area contributed by atoms with Crippen LogP contribution in [-0.4, -0.2) is 11.3 Å². The minimum atomic E-state index is -0.138. The minimum Gasteiger partial charge on any atom is -0.325 e. The van der Waals surface area contributed by atoms with Crippen LogP contribution in [0.1, 0.15) is 59.3 Å². The number of hydrogen-bond donors (Lipinski definition) is 1. The lowest BCUT2D eigenvalue weighted by Gasteiger charge is -2.23. The third-order valence-corrected chi connectivity index (χ3v) is 2.40. The molecule has 0 aromatic heterocycles. The van der Waals surface area contributed by atoms with E-state index in [0.29, 0.717) is 6.42 Å². The van der Waals surface area contributed by atoms with Gasteiger partial charge in [0, 0.05) is 12.0 Å². The first kappa shape index (κ1) is 12.6. The Hall–Kier alpha value is -0.370. The number of ketones is 1. The fourth-order valence-electron chi connectivity index (χ4n) is 1.37. The van der Waals surface area contributed by atoms with Crippen molar-refractivity contribution in [2.24, 2.45) is 5.73 Å². The molecule has 0 heterocycles. The van der Waals surface area contributed by atoms with Crippen LogP contribution < -0.4 is 5.73 Å². The van der Waals surface area contributed by atoms with Gasteiger partial charge in [-0.05, 0) is 26.7 Å². The summed E-state index contributed by atoms with van der Waals surface area (Å²) in [6.45, 7) is 5.86. The molecule has 0 saturated carbocycles. The Kier molecular flexibility index (Phi) is 5.97. The molecule has 2 N–H and O–H groups in total. The van der Waals surface area contributed by atoms with Crippen molar-refractivity contribution in [3.63, 3.8) is 0 Å². The van der Waals surface area contributed by atoms with E-state index < -0.39 is 0 Å². The van der Waals surface area contributed by atoms with Crippen LogP contribution in [0.3, 0.4) is 0 Å². The standard InChI is InChI=1S/C11H23NO/c1-4-5-6-8-11(3,12)9-7-10(2)13/h4-9,12H2,1-3H3/t11-/m1/s1. The third-order valence-electron chi connectivity index (χ3n) is 2.40. The van der Waals surface area contributed by atoms with Crippen LogP contribution in [0, 0.1) is 0 Å². The zero-order chi connectivity index (χ0) is 10.3. The lowest BCUT2D eigenvalue weighted by molar-refractivity contribution is -0.117. The first-order chi connectivity index (χ1) is 5.98. The van der Waals surface area contributed by atoms with Gasteiger partial charge in [-0.1, -0.05) is 26.2 Å². The van der Waals surface area contributed by atoms with E-state index in [-0.39, 0.29) is 11.3 Å². The quantitative estimate of drug-likeness (QED) is 0.620. The highest BCUT2D eigenvalue weighted by Crippen LogP contribution is 2.17. The van der Waals surface area contributed by atoms with Gasteiger partial charge in [0.1, 0.15) is 5.78 Å². The Morgan fingerprint density at radius 3 is 2.38 bits per heavy atom. The van der Waals surface area contributed by atoms with Crippen LogP contribution in [0.4, 0.5) is 0 Å². The van der Waals surface area contributed by atoms with Crippen molar-refractivity contribution >= 4 is 5.78 Å². The number of rotatable bonds is 7. The summed E-state index contributed by atoms with van der Waals surface area (Å²) in [5.74, 6) is 0.243. The largest absolute Gasteiger partial charge is 0.325 e. The van der Waals surface area contributed by atoms with Crippen molar-refractivity contribution in [3.8, 4) is 0 Å². The van der Waals surface area contributed by atoms with Crippen LogP contribution in [-0.2, 0) is 4.79 Å². The number of Topliss-reactive ketones (excluding diaryl/α,β-unsaturated/α-hetero) is 1. The fourth-order valence-corrected chi connectivity index (χ4v) is 1.37. The van der Waals surface area contributed by atoms with Gasteiger partial charge in [0.2, 0.25) is 0 Å². The smallest absolute Gasteiger partial charge is 0.129 e. The summed E-state index contributed by atoms with van der Waals surface area (Å²) in [7, 11) is 0. The van der Waals surface area contributed by atoms with Gasteiger partial charge in [-0.2, -0.15) is 0 Å². The van der Waals surface area contributed by atoms with E-state index in [2.05, 4.69) is 6.92 Å². The molecule has 0 spiro atoms. The summed E-state index contributed by atoms with van der Waals surface area (Å²) in [5, 5.41) is 0. The van der Waals surface area contributed by atoms with Crippen molar-refractivity contribution in [1.82, 2.24) is 0 Å². The Morgan fingerprint density at radius 2 is 1.92 bits per heavy atom. The van der Waals surface area contributed by atoms with E-state index in [4.69, 9.17) is 5.73 Å². The average molecular weight is 185 g/mol. The second kappa shape index (κ2) is 6.14. The van der Waals surface area contributed by atoms with E-state index in [1.165, 1.54) is 19.3 Å². The number of nitrogens with two attached hydrogens (primary N) is 1. The van der Waals surface area contributed by atoms with Crippen molar-refractivity contribution < 1.29 is 4.79 Å². The predicted molar refractivity (Wildman–Crippen MR) is 56.6 cm³/mol. The van der Waals surface area contributed by atoms with E-state index >= 15 is 0 Å². The molecule has 1 atom stereocenters. The van der Waals surface area contributed by atoms with E-state index in [9.17, 15) is 4.79 Å². The van der Waals surface area contributed by atoms with Gasteiger partial charge in [0.25, 0.3) is 0 Å². The highest BCUT2D eigenvalue weighted by Gasteiger charge is 2.17. The monoisotopic (exact) mass is 185 g/mol. The van der Waals surface area contributed by atoms with E-state index in [0.717, 1.165) is 12.8 Å². The molecule has 78 valence electrons. The summed E-state index contributed by atoms with van der Waals surface area (Å²) in [4.78, 5) is 10.8. The summed E-state index contributed by atoms with van der Waals surface area (Å²) < 4.78 is 0. The molecule has 0 aliphatic heterocycles. The molecular weight excluding hydrogens is 162 g/mol. The zero-order valence-electron chi connectivity index (χ0n) is 9.23. The third kappa shape index (κ3) is 7.97. The molecule has 0 aliphatic rings. The van der Waals surface area contributed by atoms with Gasteiger partial charge < -0.3 is 10.5 Å². The molecule has 13 heavy (non-hydrogen) atoms. The first-order valence-corrected chi connectivity index (χ1v) is 5.26. The van der Waals surface area contributed by atoms with Crippen LogP contribution in [0.2, 0.25) is 0 Å². The molecule has 0 fully saturated rings. The summed E-state index contributed by atoms with van der Waals surface area (Å²) in [6.07, 6.45) is 6.14. The highest BCUT2D eigenvalue weighted by atomic mass is 16.1. The summed E-state index contributed by atoms with van der Waals surface area (Å²) in [6, 6.07) is 0. The van der Waals surface area contributed by atoms with E-state index in [1.54, 1.807) is 6.92 Å². The molecule has 2 nitrogen and oxygen atoms in total. The maximum absolute atomic E-state index is 10.8. The van der Waals surface area contributed by atoms with E-state index in [1.807, 2.05) is 6.92 Å². The summed E-state index contributed by atoms with van der Waals surface area (Å²) in [5.41, 5.74) is 5.92. The van der Waals surface area contributed by atoms with Gasteiger partial charge in [0.05, 0.1) is 0 Å². The molecule has 0 rings (SSSR count). The van der Waals surface area contributed by atoms with Crippen molar-refractivity contribution in [3.05, 3.63) is 0 Å². The van der Waals surface area contributed by atoms with Crippen molar-refractivity contribution in [1.29, 1.82) is 0 Å². The van der Waals surface area contributed by atoms with Gasteiger partial charge in [0.15, 0.2) is 0 Å². The second-order valence-electron chi connectivity index (χ2n) is 4.31. The molecule has 0 aliphatic carbocycles. The van der Waals surface area contributed by atoms with Crippen molar-refractivity contribution in [2.45, 2.75) is 64.8 Å². The Morgan fingerprint density at radius 1 is 1.31 bits per heavy atom. The Balaban J connectivity index is 3.59.